The number of nitrogens with zero attached hydrogens (tertiary/aromatic N) is 2. The van der Waals surface area contributed by atoms with Crippen molar-refractivity contribution in [1.29, 1.82) is 0 Å². The van der Waals surface area contributed by atoms with Gasteiger partial charge in [0.1, 0.15) is 0 Å². The SMILES string of the molecule is COc1cccc(/C=C/C(=O)NCCc2ccc(-n3cccn3)cc2)c1OC(F)F. The van der Waals surface area contributed by atoms with E-state index in [9.17, 15) is 13.6 Å². The van der Waals surface area contributed by atoms with Crippen LogP contribution in [0.3, 0.4) is 0 Å². The first-order valence-electron chi connectivity index (χ1n) is 9.23. The molecule has 0 aliphatic carbocycles. The molecule has 6 nitrogen and oxygen atoms in total. The number of rotatable bonds is 9. The average molecular weight is 413 g/mol. The number of carbonyl (C=O) groups is 1. The third kappa shape index (κ3) is 5.66. The normalized spacial score (nSPS) is 11.1. The Morgan fingerprint density at radius 1 is 1.20 bits per heavy atom. The van der Waals surface area contributed by atoms with Crippen LogP contribution in [-0.4, -0.2) is 36.0 Å². The summed E-state index contributed by atoms with van der Waals surface area (Å²) < 4.78 is 36.7. The van der Waals surface area contributed by atoms with Crippen molar-refractivity contribution in [1.82, 2.24) is 15.1 Å². The third-order valence-electron chi connectivity index (χ3n) is 4.27. The molecule has 8 heteroatoms. The number of methoxy groups -OCH3 is 1. The Bertz CT molecular complexity index is 987. The van der Waals surface area contributed by atoms with Gasteiger partial charge in [0, 0.05) is 30.6 Å². The van der Waals surface area contributed by atoms with E-state index < -0.39 is 6.61 Å². The fourth-order valence-electron chi connectivity index (χ4n) is 2.83. The number of ether oxygens (including phenoxy) is 2. The Labute approximate surface area is 172 Å². The predicted molar refractivity (Wildman–Crippen MR) is 109 cm³/mol. The quantitative estimate of drug-likeness (QED) is 0.541. The van der Waals surface area contributed by atoms with Crippen molar-refractivity contribution in [2.75, 3.05) is 13.7 Å². The van der Waals surface area contributed by atoms with Gasteiger partial charge in [-0.2, -0.15) is 13.9 Å². The second-order valence-electron chi connectivity index (χ2n) is 6.25. The molecule has 0 atom stereocenters. The van der Waals surface area contributed by atoms with E-state index in [0.717, 1.165) is 11.3 Å². The van der Waals surface area contributed by atoms with Crippen LogP contribution < -0.4 is 14.8 Å². The predicted octanol–water partition coefficient (Wildman–Crippen LogP) is 3.85. The molecule has 30 heavy (non-hydrogen) atoms. The fraction of sp³-hybridized carbons (Fsp3) is 0.182. The Morgan fingerprint density at radius 2 is 2.00 bits per heavy atom. The Hall–Kier alpha value is -3.68. The van der Waals surface area contributed by atoms with E-state index in [0.29, 0.717) is 18.5 Å². The average Bonchev–Trinajstić information content (AvgIpc) is 3.28. The minimum Gasteiger partial charge on any atom is -0.493 e. The van der Waals surface area contributed by atoms with E-state index in [1.54, 1.807) is 23.0 Å². The first-order valence-corrected chi connectivity index (χ1v) is 9.23. The van der Waals surface area contributed by atoms with Crippen molar-refractivity contribution in [3.05, 3.63) is 78.1 Å². The van der Waals surface area contributed by atoms with E-state index in [4.69, 9.17) is 4.74 Å². The molecule has 2 aromatic carbocycles. The van der Waals surface area contributed by atoms with Crippen LogP contribution in [0.5, 0.6) is 11.5 Å². The second kappa shape index (κ2) is 10.2. The number of benzene rings is 2. The van der Waals surface area contributed by atoms with Gasteiger partial charge in [-0.05, 0) is 42.3 Å². The number of alkyl halides is 2. The smallest absolute Gasteiger partial charge is 0.387 e. The minimum absolute atomic E-state index is 0.115. The summed E-state index contributed by atoms with van der Waals surface area (Å²) in [5, 5.41) is 6.94. The molecule has 0 radical (unpaired) electrons. The molecule has 1 heterocycles. The lowest BCUT2D eigenvalue weighted by atomic mass is 10.1. The number of hydrogen-bond acceptors (Lipinski definition) is 4. The van der Waals surface area contributed by atoms with Crippen molar-refractivity contribution in [2.45, 2.75) is 13.0 Å². The third-order valence-corrected chi connectivity index (χ3v) is 4.27. The van der Waals surface area contributed by atoms with Gasteiger partial charge in [0.15, 0.2) is 11.5 Å². The monoisotopic (exact) mass is 413 g/mol. The largest absolute Gasteiger partial charge is 0.493 e. The zero-order chi connectivity index (χ0) is 21.3. The molecule has 1 amide bonds. The maximum Gasteiger partial charge on any atom is 0.387 e. The van der Waals surface area contributed by atoms with Crippen LogP contribution in [0.25, 0.3) is 11.8 Å². The van der Waals surface area contributed by atoms with Crippen LogP contribution in [0, 0.1) is 0 Å². The summed E-state index contributed by atoms with van der Waals surface area (Å²) in [6, 6.07) is 14.4. The van der Waals surface area contributed by atoms with E-state index in [1.165, 1.54) is 25.3 Å². The van der Waals surface area contributed by atoms with Gasteiger partial charge >= 0.3 is 6.61 Å². The summed E-state index contributed by atoms with van der Waals surface area (Å²) in [5.41, 5.74) is 2.34. The van der Waals surface area contributed by atoms with E-state index in [-0.39, 0.29) is 17.4 Å². The first kappa shape index (κ1) is 21.0. The molecule has 156 valence electrons. The molecule has 0 unspecified atom stereocenters. The summed E-state index contributed by atoms with van der Waals surface area (Å²) in [5.74, 6) is -0.290. The second-order valence-corrected chi connectivity index (χ2v) is 6.25. The zero-order valence-electron chi connectivity index (χ0n) is 16.3. The van der Waals surface area contributed by atoms with Crippen molar-refractivity contribution in [3.63, 3.8) is 0 Å². The Kier molecular flexibility index (Phi) is 7.15. The number of amides is 1. The molecule has 1 N–H and O–H groups in total. The van der Waals surface area contributed by atoms with Crippen LogP contribution in [-0.2, 0) is 11.2 Å². The summed E-state index contributed by atoms with van der Waals surface area (Å²) in [6.07, 6.45) is 6.91. The number of para-hydroxylation sites is 1. The fourth-order valence-corrected chi connectivity index (χ4v) is 2.83. The summed E-state index contributed by atoms with van der Waals surface area (Å²) >= 11 is 0. The highest BCUT2D eigenvalue weighted by molar-refractivity contribution is 5.92. The summed E-state index contributed by atoms with van der Waals surface area (Å²) in [7, 11) is 1.36. The summed E-state index contributed by atoms with van der Waals surface area (Å²) in [4.78, 5) is 12.1. The van der Waals surface area contributed by atoms with E-state index >= 15 is 0 Å². The molecule has 1 aromatic heterocycles. The number of hydrogen-bond donors (Lipinski definition) is 1. The summed E-state index contributed by atoms with van der Waals surface area (Å²) in [6.45, 7) is -2.56. The van der Waals surface area contributed by atoms with Crippen LogP contribution in [0.15, 0.2) is 67.0 Å². The van der Waals surface area contributed by atoms with Crippen molar-refractivity contribution in [2.24, 2.45) is 0 Å². The van der Waals surface area contributed by atoms with Gasteiger partial charge in [0.2, 0.25) is 5.91 Å². The number of aromatic nitrogens is 2. The van der Waals surface area contributed by atoms with Crippen molar-refractivity contribution in [3.8, 4) is 17.2 Å². The van der Waals surface area contributed by atoms with Gasteiger partial charge in [-0.3, -0.25) is 4.79 Å². The maximum atomic E-state index is 12.7. The van der Waals surface area contributed by atoms with Crippen LogP contribution in [0.4, 0.5) is 8.78 Å². The molecule has 0 aliphatic rings. The van der Waals surface area contributed by atoms with Crippen LogP contribution >= 0.6 is 0 Å². The Morgan fingerprint density at radius 3 is 2.67 bits per heavy atom. The molecule has 3 aromatic rings. The van der Waals surface area contributed by atoms with Crippen LogP contribution in [0.2, 0.25) is 0 Å². The maximum absolute atomic E-state index is 12.7. The standard InChI is InChI=1S/C22H21F2N3O3/c1-29-19-5-2-4-17(21(19)30-22(23)24)8-11-20(28)25-14-12-16-6-9-18(10-7-16)27-15-3-13-26-27/h2-11,13,15,22H,12,14H2,1H3,(H,25,28)/b11-8+. The number of halogens is 2. The molecular weight excluding hydrogens is 392 g/mol. The van der Waals surface area contributed by atoms with Gasteiger partial charge in [-0.25, -0.2) is 4.68 Å². The highest BCUT2D eigenvalue weighted by Crippen LogP contribution is 2.33. The lowest BCUT2D eigenvalue weighted by Gasteiger charge is -2.12. The number of carbonyl (C=O) groups excluding carboxylic acids is 1. The van der Waals surface area contributed by atoms with Gasteiger partial charge in [-0.1, -0.05) is 24.3 Å². The highest BCUT2D eigenvalue weighted by Gasteiger charge is 2.14. The van der Waals surface area contributed by atoms with Gasteiger partial charge in [-0.15, -0.1) is 0 Å². The van der Waals surface area contributed by atoms with Crippen molar-refractivity contribution < 1.29 is 23.0 Å². The molecule has 0 spiro atoms. The van der Waals surface area contributed by atoms with E-state index in [2.05, 4.69) is 15.2 Å². The molecule has 0 fully saturated rings. The lowest BCUT2D eigenvalue weighted by molar-refractivity contribution is -0.116. The first-order chi connectivity index (χ1) is 14.6. The van der Waals surface area contributed by atoms with Gasteiger partial charge in [0.25, 0.3) is 0 Å². The molecule has 0 bridgehead atoms. The van der Waals surface area contributed by atoms with Crippen molar-refractivity contribution >= 4 is 12.0 Å². The topological polar surface area (TPSA) is 65.4 Å². The molecular formula is C22H21F2N3O3. The molecule has 0 aliphatic heterocycles. The molecule has 3 rings (SSSR count). The lowest BCUT2D eigenvalue weighted by Crippen LogP contribution is -2.23. The molecule has 0 saturated heterocycles. The zero-order valence-corrected chi connectivity index (χ0v) is 16.3. The molecule has 0 saturated carbocycles. The highest BCUT2D eigenvalue weighted by atomic mass is 19.3. The minimum atomic E-state index is -3.00. The van der Waals surface area contributed by atoms with E-state index in [1.807, 2.05) is 36.5 Å². The number of nitrogens with one attached hydrogen (secondary N) is 1. The van der Waals surface area contributed by atoms with Gasteiger partial charge in [0.05, 0.1) is 12.8 Å². The Balaban J connectivity index is 1.54. The van der Waals surface area contributed by atoms with Crippen LogP contribution in [0.1, 0.15) is 11.1 Å². The van der Waals surface area contributed by atoms with Gasteiger partial charge < -0.3 is 14.8 Å².